The lowest BCUT2D eigenvalue weighted by Crippen LogP contribution is -2.29. The van der Waals surface area contributed by atoms with Crippen LogP contribution in [0.2, 0.25) is 0 Å². The standard InChI is InChI=1S/C21H22N4O4/c1-14-20(25(28)29)15(2)24(23-14)13-17-10-6-7-11-18(17)21(27)22-12-19(26)16-8-4-3-5-9-16/h3-11,19,26H,12-13H2,1-2H3,(H,22,27)/t19-/m1/s1. The van der Waals surface area contributed by atoms with Gasteiger partial charge in [0.15, 0.2) is 0 Å². The molecule has 0 aliphatic heterocycles. The monoisotopic (exact) mass is 394 g/mol. The van der Waals surface area contributed by atoms with E-state index in [1.165, 1.54) is 4.68 Å². The Morgan fingerprint density at radius 3 is 2.48 bits per heavy atom. The Hall–Kier alpha value is -3.52. The van der Waals surface area contributed by atoms with Crippen LogP contribution in [0.25, 0.3) is 0 Å². The van der Waals surface area contributed by atoms with E-state index in [2.05, 4.69) is 10.4 Å². The van der Waals surface area contributed by atoms with Crippen LogP contribution in [0.3, 0.4) is 0 Å². The molecule has 8 heteroatoms. The third-order valence-electron chi connectivity index (χ3n) is 4.75. The summed E-state index contributed by atoms with van der Waals surface area (Å²) in [7, 11) is 0. The number of nitro groups is 1. The predicted octanol–water partition coefficient (Wildman–Crippen LogP) is 2.92. The Morgan fingerprint density at radius 2 is 1.83 bits per heavy atom. The molecule has 1 amide bonds. The molecule has 0 radical (unpaired) electrons. The van der Waals surface area contributed by atoms with Gasteiger partial charge < -0.3 is 10.4 Å². The molecule has 0 aliphatic rings. The zero-order valence-corrected chi connectivity index (χ0v) is 16.2. The highest BCUT2D eigenvalue weighted by molar-refractivity contribution is 5.95. The van der Waals surface area contributed by atoms with Gasteiger partial charge in [0.2, 0.25) is 0 Å². The number of hydrogen-bond acceptors (Lipinski definition) is 5. The van der Waals surface area contributed by atoms with E-state index in [0.29, 0.717) is 22.5 Å². The molecular formula is C21H22N4O4. The first kappa shape index (κ1) is 20.2. The Morgan fingerprint density at radius 1 is 1.17 bits per heavy atom. The van der Waals surface area contributed by atoms with E-state index in [9.17, 15) is 20.0 Å². The topological polar surface area (TPSA) is 110 Å². The van der Waals surface area contributed by atoms with Crippen LogP contribution in [-0.2, 0) is 6.54 Å². The summed E-state index contributed by atoms with van der Waals surface area (Å²) in [4.78, 5) is 23.5. The first-order valence-electron chi connectivity index (χ1n) is 9.16. The van der Waals surface area contributed by atoms with E-state index in [4.69, 9.17) is 0 Å². The average Bonchev–Trinajstić information content (AvgIpc) is 3.00. The quantitative estimate of drug-likeness (QED) is 0.473. The molecule has 0 fully saturated rings. The number of nitrogens with one attached hydrogen (secondary N) is 1. The van der Waals surface area contributed by atoms with Gasteiger partial charge >= 0.3 is 5.69 Å². The molecule has 1 heterocycles. The number of rotatable bonds is 7. The van der Waals surface area contributed by atoms with Crippen molar-refractivity contribution in [3.63, 3.8) is 0 Å². The van der Waals surface area contributed by atoms with Gasteiger partial charge in [-0.05, 0) is 31.0 Å². The maximum Gasteiger partial charge on any atom is 0.312 e. The summed E-state index contributed by atoms with van der Waals surface area (Å²) >= 11 is 0. The largest absolute Gasteiger partial charge is 0.387 e. The number of aliphatic hydroxyl groups excluding tert-OH is 1. The van der Waals surface area contributed by atoms with Crippen LogP contribution in [0.1, 0.15) is 39.0 Å². The van der Waals surface area contributed by atoms with E-state index in [-0.39, 0.29) is 24.7 Å². The molecule has 0 unspecified atom stereocenters. The van der Waals surface area contributed by atoms with Crippen LogP contribution < -0.4 is 5.32 Å². The average molecular weight is 394 g/mol. The molecule has 0 saturated heterocycles. The smallest absolute Gasteiger partial charge is 0.312 e. The van der Waals surface area contributed by atoms with Crippen LogP contribution in [0.15, 0.2) is 54.6 Å². The second-order valence-electron chi connectivity index (χ2n) is 6.73. The van der Waals surface area contributed by atoms with Gasteiger partial charge in [-0.2, -0.15) is 5.10 Å². The minimum absolute atomic E-state index is 0.0158. The number of carbonyl (C=O) groups excluding carboxylic acids is 1. The summed E-state index contributed by atoms with van der Waals surface area (Å²) in [6.45, 7) is 3.52. The number of aliphatic hydroxyl groups is 1. The van der Waals surface area contributed by atoms with Gasteiger partial charge in [-0.15, -0.1) is 0 Å². The van der Waals surface area contributed by atoms with Gasteiger partial charge in [0.1, 0.15) is 11.4 Å². The lowest BCUT2D eigenvalue weighted by atomic mass is 10.1. The number of hydrogen-bond donors (Lipinski definition) is 2. The van der Waals surface area contributed by atoms with Crippen molar-refractivity contribution >= 4 is 11.6 Å². The summed E-state index contributed by atoms with van der Waals surface area (Å²) in [5.41, 5.74) is 2.58. The summed E-state index contributed by atoms with van der Waals surface area (Å²) in [5.74, 6) is -0.327. The fourth-order valence-electron chi connectivity index (χ4n) is 3.22. The van der Waals surface area contributed by atoms with E-state index in [1.54, 1.807) is 50.2 Å². The van der Waals surface area contributed by atoms with E-state index >= 15 is 0 Å². The van der Waals surface area contributed by atoms with Crippen molar-refractivity contribution in [2.45, 2.75) is 26.5 Å². The van der Waals surface area contributed by atoms with Crippen LogP contribution >= 0.6 is 0 Å². The second-order valence-corrected chi connectivity index (χ2v) is 6.73. The van der Waals surface area contributed by atoms with Crippen LogP contribution in [0.4, 0.5) is 5.69 Å². The SMILES string of the molecule is Cc1nn(Cc2ccccc2C(=O)NC[C@@H](O)c2ccccc2)c(C)c1[N+](=O)[O-]. The molecule has 1 atom stereocenters. The second kappa shape index (κ2) is 8.66. The molecule has 1 aromatic heterocycles. The minimum atomic E-state index is -0.814. The highest BCUT2D eigenvalue weighted by atomic mass is 16.6. The zero-order valence-electron chi connectivity index (χ0n) is 16.2. The predicted molar refractivity (Wildman–Crippen MR) is 108 cm³/mol. The lowest BCUT2D eigenvalue weighted by molar-refractivity contribution is -0.386. The van der Waals surface area contributed by atoms with Crippen molar-refractivity contribution in [1.82, 2.24) is 15.1 Å². The first-order valence-corrected chi connectivity index (χ1v) is 9.16. The number of carbonyl (C=O) groups is 1. The van der Waals surface area contributed by atoms with Gasteiger partial charge in [-0.25, -0.2) is 0 Å². The van der Waals surface area contributed by atoms with E-state index in [0.717, 1.165) is 5.56 Å². The molecule has 0 spiro atoms. The Bertz CT molecular complexity index is 1030. The molecule has 0 bridgehead atoms. The summed E-state index contributed by atoms with van der Waals surface area (Å²) in [5, 5.41) is 28.5. The Kier molecular flexibility index (Phi) is 6.04. The van der Waals surface area contributed by atoms with Crippen molar-refractivity contribution in [3.8, 4) is 0 Å². The minimum Gasteiger partial charge on any atom is -0.387 e. The van der Waals surface area contributed by atoms with Crippen molar-refractivity contribution in [3.05, 3.63) is 92.8 Å². The third kappa shape index (κ3) is 4.49. The first-order chi connectivity index (χ1) is 13.9. The molecule has 8 nitrogen and oxygen atoms in total. The third-order valence-corrected chi connectivity index (χ3v) is 4.75. The maximum absolute atomic E-state index is 12.7. The molecule has 2 aromatic carbocycles. The van der Waals surface area contributed by atoms with Gasteiger partial charge in [0, 0.05) is 12.1 Å². The van der Waals surface area contributed by atoms with Crippen molar-refractivity contribution in [1.29, 1.82) is 0 Å². The molecule has 2 N–H and O–H groups in total. The highest BCUT2D eigenvalue weighted by Gasteiger charge is 2.22. The van der Waals surface area contributed by atoms with E-state index in [1.807, 2.05) is 18.2 Å². The number of amides is 1. The fraction of sp³-hybridized carbons (Fsp3) is 0.238. The van der Waals surface area contributed by atoms with Crippen LogP contribution in [0.5, 0.6) is 0 Å². The lowest BCUT2D eigenvalue weighted by Gasteiger charge is -2.14. The van der Waals surface area contributed by atoms with Gasteiger partial charge in [-0.3, -0.25) is 19.6 Å². The number of aryl methyl sites for hydroxylation is 1. The maximum atomic E-state index is 12.7. The van der Waals surface area contributed by atoms with Gasteiger partial charge in [0.05, 0.1) is 17.6 Å². The van der Waals surface area contributed by atoms with Crippen molar-refractivity contribution in [2.75, 3.05) is 6.54 Å². The molecule has 3 aromatic rings. The molecule has 0 aliphatic carbocycles. The molecule has 150 valence electrons. The molecular weight excluding hydrogens is 372 g/mol. The Balaban J connectivity index is 1.76. The number of aromatic nitrogens is 2. The fourth-order valence-corrected chi connectivity index (χ4v) is 3.22. The van der Waals surface area contributed by atoms with Gasteiger partial charge in [-0.1, -0.05) is 48.5 Å². The normalized spacial score (nSPS) is 11.8. The summed E-state index contributed by atoms with van der Waals surface area (Å²) in [6, 6.07) is 16.1. The van der Waals surface area contributed by atoms with Crippen molar-refractivity contribution < 1.29 is 14.8 Å². The van der Waals surface area contributed by atoms with Gasteiger partial charge in [0.25, 0.3) is 5.91 Å². The molecule has 3 rings (SSSR count). The van der Waals surface area contributed by atoms with Crippen LogP contribution in [-0.4, -0.2) is 32.3 Å². The van der Waals surface area contributed by atoms with Crippen molar-refractivity contribution in [2.24, 2.45) is 0 Å². The molecule has 0 saturated carbocycles. The molecule has 29 heavy (non-hydrogen) atoms. The summed E-state index contributed by atoms with van der Waals surface area (Å²) < 4.78 is 1.53. The van der Waals surface area contributed by atoms with E-state index < -0.39 is 11.0 Å². The highest BCUT2D eigenvalue weighted by Crippen LogP contribution is 2.23. The number of nitrogens with zero attached hydrogens (tertiary/aromatic N) is 3. The Labute approximate surface area is 168 Å². The summed E-state index contributed by atoms with van der Waals surface area (Å²) in [6.07, 6.45) is -0.814. The zero-order chi connectivity index (χ0) is 21.0. The van der Waals surface area contributed by atoms with Crippen LogP contribution in [0, 0.1) is 24.0 Å². The number of benzene rings is 2.